The quantitative estimate of drug-likeness (QED) is 0.0304. The molecule has 19 nitrogen and oxygen atoms in total. The Morgan fingerprint density at radius 2 is 0.851 bits per heavy atom. The van der Waals surface area contributed by atoms with Gasteiger partial charge in [0.1, 0.15) is 73.2 Å². The molecule has 3 fully saturated rings. The molecule has 3 rings (SSSR count). The molecule has 0 aromatic heterocycles. The van der Waals surface area contributed by atoms with Gasteiger partial charge in [-0.1, -0.05) is 160 Å². The lowest BCUT2D eigenvalue weighted by Crippen LogP contribution is -2.66. The van der Waals surface area contributed by atoms with E-state index in [1.165, 1.54) is 103 Å². The van der Waals surface area contributed by atoms with Gasteiger partial charge in [-0.15, -0.1) is 0 Å². The van der Waals surface area contributed by atoms with Gasteiger partial charge in [-0.05, 0) is 44.9 Å². The monoisotopic (exact) mass is 1060 g/mol. The maximum atomic E-state index is 13.3. The molecule has 3 aliphatic heterocycles. The highest BCUT2D eigenvalue weighted by Crippen LogP contribution is 2.33. The van der Waals surface area contributed by atoms with Crippen molar-refractivity contribution in [2.75, 3.05) is 26.4 Å². The molecule has 3 aliphatic rings. The fraction of sp³-hybridized carbons (Fsp3) is 0.909. The van der Waals surface area contributed by atoms with E-state index in [2.05, 4.69) is 31.3 Å². The summed E-state index contributed by atoms with van der Waals surface area (Å²) in [5, 5.41) is 120. The van der Waals surface area contributed by atoms with Crippen LogP contribution < -0.4 is 5.32 Å². The molecule has 74 heavy (non-hydrogen) atoms. The van der Waals surface area contributed by atoms with Crippen molar-refractivity contribution in [3.05, 3.63) is 24.3 Å². The third-order valence-corrected chi connectivity index (χ3v) is 14.5. The molecule has 17 unspecified atom stereocenters. The summed E-state index contributed by atoms with van der Waals surface area (Å²) in [6, 6.07) is -0.971. The Labute approximate surface area is 441 Å². The highest BCUT2D eigenvalue weighted by Gasteiger charge is 2.53. The smallest absolute Gasteiger partial charge is 0.220 e. The van der Waals surface area contributed by atoms with Gasteiger partial charge in [0.2, 0.25) is 5.91 Å². The Kier molecular flexibility index (Phi) is 35.6. The second-order valence-corrected chi connectivity index (χ2v) is 20.8. The number of ether oxygens (including phenoxy) is 6. The van der Waals surface area contributed by atoms with E-state index in [9.17, 15) is 61.0 Å². The number of amides is 1. The number of carbonyl (C=O) groups is 1. The zero-order valence-corrected chi connectivity index (χ0v) is 44.8. The molecule has 0 radical (unpaired) electrons. The number of unbranched alkanes of at least 4 members (excludes halogenated alkanes) is 23. The van der Waals surface area contributed by atoms with Crippen molar-refractivity contribution in [3.63, 3.8) is 0 Å². The van der Waals surface area contributed by atoms with Crippen LogP contribution in [-0.4, -0.2) is 193 Å². The Morgan fingerprint density at radius 1 is 0.473 bits per heavy atom. The van der Waals surface area contributed by atoms with Gasteiger partial charge < -0.3 is 89.9 Å². The number of aliphatic hydroxyl groups is 11. The summed E-state index contributed by atoms with van der Waals surface area (Å²) in [5.74, 6) is -0.282. The van der Waals surface area contributed by atoms with E-state index < -0.39 is 124 Å². The summed E-state index contributed by atoms with van der Waals surface area (Å²) in [5.41, 5.74) is 0. The van der Waals surface area contributed by atoms with E-state index in [1.54, 1.807) is 6.08 Å². The van der Waals surface area contributed by atoms with Crippen molar-refractivity contribution in [2.24, 2.45) is 0 Å². The number of aliphatic hydroxyl groups excluding tert-OH is 11. The van der Waals surface area contributed by atoms with Crippen LogP contribution in [-0.2, 0) is 33.2 Å². The van der Waals surface area contributed by atoms with Crippen LogP contribution in [0.1, 0.15) is 187 Å². The van der Waals surface area contributed by atoms with E-state index in [0.717, 1.165) is 57.8 Å². The highest BCUT2D eigenvalue weighted by atomic mass is 16.8. The van der Waals surface area contributed by atoms with Crippen LogP contribution in [0, 0.1) is 0 Å². The topological polar surface area (TPSA) is 307 Å². The molecule has 0 saturated carbocycles. The van der Waals surface area contributed by atoms with Crippen LogP contribution in [0.2, 0.25) is 0 Å². The molecule has 3 heterocycles. The van der Waals surface area contributed by atoms with Gasteiger partial charge in [-0.2, -0.15) is 0 Å². The minimum atomic E-state index is -1.98. The summed E-state index contributed by atoms with van der Waals surface area (Å²) < 4.78 is 34.2. The summed E-state index contributed by atoms with van der Waals surface area (Å²) in [6.07, 6.45) is 11.7. The first kappa shape index (κ1) is 66.5. The van der Waals surface area contributed by atoms with Crippen molar-refractivity contribution >= 4 is 5.91 Å². The molecule has 0 bridgehead atoms. The summed E-state index contributed by atoms with van der Waals surface area (Å²) >= 11 is 0. The first-order valence-electron chi connectivity index (χ1n) is 28.6. The normalized spacial score (nSPS) is 31.6. The van der Waals surface area contributed by atoms with Crippen LogP contribution in [0.5, 0.6) is 0 Å². The third kappa shape index (κ3) is 24.1. The molecule has 0 aromatic carbocycles. The zero-order chi connectivity index (χ0) is 54.1. The van der Waals surface area contributed by atoms with Gasteiger partial charge >= 0.3 is 0 Å². The number of hydrogen-bond acceptors (Lipinski definition) is 18. The fourth-order valence-corrected chi connectivity index (χ4v) is 9.71. The molecular weight excluding hydrogens is 963 g/mol. The number of nitrogens with one attached hydrogen (secondary N) is 1. The summed E-state index contributed by atoms with van der Waals surface area (Å²) in [4.78, 5) is 13.3. The van der Waals surface area contributed by atoms with Crippen LogP contribution in [0.25, 0.3) is 0 Å². The van der Waals surface area contributed by atoms with Gasteiger partial charge in [-0.3, -0.25) is 4.79 Å². The van der Waals surface area contributed by atoms with Crippen molar-refractivity contribution in [1.82, 2.24) is 5.32 Å². The van der Waals surface area contributed by atoms with Gasteiger partial charge in [0.25, 0.3) is 0 Å². The number of carbonyl (C=O) groups excluding carboxylic acids is 1. The lowest BCUT2D eigenvalue weighted by Gasteiger charge is -2.48. The lowest BCUT2D eigenvalue weighted by molar-refractivity contribution is -0.379. The first-order valence-corrected chi connectivity index (χ1v) is 28.6. The van der Waals surface area contributed by atoms with Gasteiger partial charge in [0.05, 0.1) is 38.6 Å². The number of hydrogen-bond donors (Lipinski definition) is 12. The fourth-order valence-electron chi connectivity index (χ4n) is 9.71. The number of rotatable bonds is 41. The number of allylic oxidation sites excluding steroid dienone is 3. The van der Waals surface area contributed by atoms with Gasteiger partial charge in [0, 0.05) is 6.42 Å². The van der Waals surface area contributed by atoms with Crippen LogP contribution >= 0.6 is 0 Å². The zero-order valence-electron chi connectivity index (χ0n) is 44.8. The largest absolute Gasteiger partial charge is 0.394 e. The maximum Gasteiger partial charge on any atom is 0.220 e. The van der Waals surface area contributed by atoms with Crippen LogP contribution in [0.3, 0.4) is 0 Å². The lowest BCUT2D eigenvalue weighted by atomic mass is 9.96. The van der Waals surface area contributed by atoms with E-state index >= 15 is 0 Å². The van der Waals surface area contributed by atoms with Gasteiger partial charge in [0.15, 0.2) is 18.9 Å². The maximum absolute atomic E-state index is 13.3. The Bertz CT molecular complexity index is 1460. The molecule has 12 N–H and O–H groups in total. The average Bonchev–Trinajstić information content (AvgIpc) is 3.40. The average molecular weight is 1060 g/mol. The highest BCUT2D eigenvalue weighted by molar-refractivity contribution is 5.76. The SMILES string of the molecule is CCCCCCCCC/C=C\CCCCCCCCCC(=O)NC(COC1OC(CO)C(OC2OC(CO)C(OC3OC(CO)C(O)C(O)C3O)C(O)C2O)C(O)C1O)C(O)/C=C/CCCCCCCCCCC. The third-order valence-electron chi connectivity index (χ3n) is 14.5. The standard InChI is InChI=1S/C55H101NO18/c1-3-5-7-9-11-13-15-16-17-18-19-20-21-23-25-27-29-31-33-43(61)56-38(39(60)32-30-28-26-24-22-14-12-10-8-6-4-2)37-69-53-49(67)46(64)51(41(35-58)71-53)74-55-50(68)47(65)52(42(36-59)72-55)73-54-48(66)45(63)44(62)40(34-57)70-54/h17-18,30,32,38-42,44-55,57-60,62-68H,3-16,19-29,31,33-37H2,1-2H3,(H,56,61)/b18-17-,32-30+. The second kappa shape index (κ2) is 39.6. The van der Waals surface area contributed by atoms with E-state index in [4.69, 9.17) is 28.4 Å². The summed E-state index contributed by atoms with van der Waals surface area (Å²) in [6.45, 7) is 1.68. The predicted molar refractivity (Wildman–Crippen MR) is 277 cm³/mol. The predicted octanol–water partition coefficient (Wildman–Crippen LogP) is 3.98. The van der Waals surface area contributed by atoms with Crippen molar-refractivity contribution in [3.8, 4) is 0 Å². The molecule has 0 aromatic rings. The van der Waals surface area contributed by atoms with Crippen molar-refractivity contribution in [1.29, 1.82) is 0 Å². The second-order valence-electron chi connectivity index (χ2n) is 20.8. The molecule has 17 atom stereocenters. The first-order chi connectivity index (χ1) is 35.8. The Balaban J connectivity index is 1.51. The molecule has 0 spiro atoms. The van der Waals surface area contributed by atoms with Crippen LogP contribution in [0.15, 0.2) is 24.3 Å². The molecule has 434 valence electrons. The van der Waals surface area contributed by atoms with Crippen molar-refractivity contribution < 1.29 is 89.4 Å². The summed E-state index contributed by atoms with van der Waals surface area (Å²) in [7, 11) is 0. The Hall–Kier alpha value is -1.73. The minimum Gasteiger partial charge on any atom is -0.394 e. The van der Waals surface area contributed by atoms with E-state index in [-0.39, 0.29) is 18.9 Å². The van der Waals surface area contributed by atoms with Crippen LogP contribution in [0.4, 0.5) is 0 Å². The minimum absolute atomic E-state index is 0.239. The molecule has 3 saturated heterocycles. The van der Waals surface area contributed by atoms with Gasteiger partial charge in [-0.25, -0.2) is 0 Å². The molecule has 19 heteroatoms. The van der Waals surface area contributed by atoms with Crippen molar-refractivity contribution in [2.45, 2.75) is 291 Å². The Morgan fingerprint density at radius 3 is 1.31 bits per heavy atom. The molecule has 1 amide bonds. The van der Waals surface area contributed by atoms with E-state index in [0.29, 0.717) is 6.42 Å². The van der Waals surface area contributed by atoms with E-state index in [1.807, 2.05) is 6.08 Å². The molecule has 0 aliphatic carbocycles. The molecular formula is C55H101NO18.